The van der Waals surface area contributed by atoms with E-state index in [1.807, 2.05) is 42.5 Å². The van der Waals surface area contributed by atoms with Crippen LogP contribution in [0.2, 0.25) is 10.0 Å². The fraction of sp³-hybridized carbons (Fsp3) is 0.400. The maximum Gasteiger partial charge on any atom is 0.408 e. The molecule has 1 amide bonds. The summed E-state index contributed by atoms with van der Waals surface area (Å²) in [4.78, 5) is 25.8. The lowest BCUT2D eigenvalue weighted by Gasteiger charge is -2.24. The van der Waals surface area contributed by atoms with Crippen LogP contribution in [-0.4, -0.2) is 38.1 Å². The van der Waals surface area contributed by atoms with Crippen LogP contribution in [0.5, 0.6) is 0 Å². The third-order valence-corrected chi connectivity index (χ3v) is 7.90. The summed E-state index contributed by atoms with van der Waals surface area (Å²) < 4.78 is 6.60. The summed E-state index contributed by atoms with van der Waals surface area (Å²) in [6.07, 6.45) is 0.647. The zero-order valence-corrected chi connectivity index (χ0v) is 23.0. The first-order valence-electron chi connectivity index (χ1n) is 11.6. The van der Waals surface area contributed by atoms with E-state index in [-0.39, 0.29) is 24.3 Å². The molecule has 0 aliphatic rings. The van der Waals surface area contributed by atoms with Crippen molar-refractivity contribution >= 4 is 46.8 Å². The number of hydrogen-bond donors (Lipinski definition) is 1. The smallest absolute Gasteiger partial charge is 0.408 e. The van der Waals surface area contributed by atoms with E-state index >= 15 is 0 Å². The number of benzene rings is 2. The summed E-state index contributed by atoms with van der Waals surface area (Å²) in [6, 6.07) is 12.3. The lowest BCUT2D eigenvalue weighted by atomic mass is 9.82. The van der Waals surface area contributed by atoms with Gasteiger partial charge >= 0.3 is 6.09 Å². The van der Waals surface area contributed by atoms with Crippen molar-refractivity contribution in [2.24, 2.45) is 0 Å². The number of amides is 1. The predicted molar refractivity (Wildman–Crippen MR) is 141 cm³/mol. The van der Waals surface area contributed by atoms with Gasteiger partial charge in [0.05, 0.1) is 21.0 Å². The number of ketones is 1. The van der Waals surface area contributed by atoms with Gasteiger partial charge in [-0.15, -0.1) is 5.10 Å². The molecule has 0 radical (unpaired) electrons. The molecule has 1 N–H and O–H groups in total. The minimum atomic E-state index is -0.752. The Balaban J connectivity index is 1.65. The van der Waals surface area contributed by atoms with E-state index in [2.05, 4.69) is 41.6 Å². The largest absolute Gasteiger partial charge is 0.445 e. The summed E-state index contributed by atoms with van der Waals surface area (Å²) in [5.41, 5.74) is 1.82. The highest BCUT2D eigenvalue weighted by Crippen LogP contribution is 2.41. The number of tetrazole rings is 1. The van der Waals surface area contributed by atoms with E-state index < -0.39 is 12.1 Å². The average Bonchev–Trinajstić information content (AvgIpc) is 3.30. The highest BCUT2D eigenvalue weighted by molar-refractivity contribution is 7.99. The second-order valence-electron chi connectivity index (χ2n) is 8.86. The van der Waals surface area contributed by atoms with Crippen molar-refractivity contribution in [1.29, 1.82) is 0 Å². The molecule has 1 atom stereocenters. The Labute approximate surface area is 225 Å². The van der Waals surface area contributed by atoms with E-state index in [0.29, 0.717) is 26.5 Å². The van der Waals surface area contributed by atoms with Crippen LogP contribution in [-0.2, 0) is 28.1 Å². The van der Waals surface area contributed by atoms with Crippen LogP contribution >= 0.6 is 35.0 Å². The highest BCUT2D eigenvalue weighted by atomic mass is 35.5. The Morgan fingerprint density at radius 1 is 1.14 bits per heavy atom. The number of rotatable bonds is 11. The number of nitrogens with zero attached hydrogens (tertiary/aromatic N) is 4. The van der Waals surface area contributed by atoms with Crippen molar-refractivity contribution < 1.29 is 14.3 Å². The van der Waals surface area contributed by atoms with E-state index in [4.69, 9.17) is 27.9 Å². The third-order valence-electron chi connectivity index (χ3n) is 5.96. The molecule has 0 bridgehead atoms. The SMILES string of the molecule is CCC(NC(=O)OCc1ccccc1)C(=O)Cn1nnnc1Sc1c(Cl)cc(C(C)(C)CC)cc1Cl. The zero-order chi connectivity index (χ0) is 26.3. The van der Waals surface area contributed by atoms with Gasteiger partial charge in [-0.2, -0.15) is 0 Å². The second-order valence-corrected chi connectivity index (χ2v) is 10.7. The molecule has 3 rings (SSSR count). The van der Waals surface area contributed by atoms with Gasteiger partial charge in [0, 0.05) is 0 Å². The van der Waals surface area contributed by atoms with Crippen molar-refractivity contribution in [3.05, 3.63) is 63.6 Å². The molecule has 192 valence electrons. The Hall–Kier alpha value is -2.62. The Morgan fingerprint density at radius 3 is 2.42 bits per heavy atom. The van der Waals surface area contributed by atoms with Crippen molar-refractivity contribution in [3.63, 3.8) is 0 Å². The minimum Gasteiger partial charge on any atom is -0.445 e. The number of carbonyl (C=O) groups excluding carboxylic acids is 2. The van der Waals surface area contributed by atoms with Gasteiger partial charge in [-0.05, 0) is 63.7 Å². The van der Waals surface area contributed by atoms with E-state index in [1.54, 1.807) is 6.92 Å². The molecule has 1 aromatic heterocycles. The molecule has 0 fully saturated rings. The predicted octanol–water partition coefficient (Wildman–Crippen LogP) is 6.09. The van der Waals surface area contributed by atoms with Gasteiger partial charge < -0.3 is 10.1 Å². The highest BCUT2D eigenvalue weighted by Gasteiger charge is 2.24. The normalized spacial score (nSPS) is 12.3. The molecule has 36 heavy (non-hydrogen) atoms. The third kappa shape index (κ3) is 7.21. The summed E-state index contributed by atoms with van der Waals surface area (Å²) in [5.74, 6) is -0.263. The fourth-order valence-corrected chi connectivity index (χ4v) is 4.79. The van der Waals surface area contributed by atoms with Crippen LogP contribution in [0.15, 0.2) is 52.5 Å². The molecule has 0 aliphatic heterocycles. The quantitative estimate of drug-likeness (QED) is 0.308. The molecule has 0 aliphatic carbocycles. The molecule has 1 heterocycles. The number of hydrogen-bond acceptors (Lipinski definition) is 7. The molecular weight excluding hydrogens is 521 g/mol. The number of Topliss-reactive ketones (excluding diaryl/α,β-unsaturated/α-hetero) is 1. The number of alkyl carbamates (subject to hydrolysis) is 1. The van der Waals surface area contributed by atoms with Gasteiger partial charge in [0.15, 0.2) is 5.78 Å². The average molecular weight is 551 g/mol. The van der Waals surface area contributed by atoms with Gasteiger partial charge in [-0.1, -0.05) is 81.2 Å². The first kappa shape index (κ1) is 28.0. The maximum atomic E-state index is 12.9. The van der Waals surface area contributed by atoms with E-state index in [9.17, 15) is 9.59 Å². The standard InChI is InChI=1S/C25H29Cl2N5O3S/c1-5-20(28-24(34)35-15-16-10-8-7-9-11-16)21(33)14-32-23(29-30-31-32)36-22-18(26)12-17(13-19(22)27)25(3,4)6-2/h7-13,20H,5-6,14-15H2,1-4H3,(H,28,34). The lowest BCUT2D eigenvalue weighted by molar-refractivity contribution is -0.122. The molecule has 0 spiro atoms. The Kier molecular flexibility index (Phi) is 9.76. The van der Waals surface area contributed by atoms with Crippen LogP contribution < -0.4 is 5.32 Å². The number of nitrogens with one attached hydrogen (secondary N) is 1. The first-order valence-corrected chi connectivity index (χ1v) is 13.1. The summed E-state index contributed by atoms with van der Waals surface area (Å²) in [5, 5.41) is 15.6. The molecule has 11 heteroatoms. The van der Waals surface area contributed by atoms with Gasteiger partial charge in [0.25, 0.3) is 0 Å². The van der Waals surface area contributed by atoms with E-state index in [1.165, 1.54) is 16.4 Å². The molecule has 0 saturated carbocycles. The zero-order valence-electron chi connectivity index (χ0n) is 20.6. The lowest BCUT2D eigenvalue weighted by Crippen LogP contribution is -2.42. The minimum absolute atomic E-state index is 0.0745. The van der Waals surface area contributed by atoms with Crippen LogP contribution in [0, 0.1) is 0 Å². The van der Waals surface area contributed by atoms with Gasteiger partial charge in [0.1, 0.15) is 13.2 Å². The van der Waals surface area contributed by atoms with Crippen molar-refractivity contribution in [1.82, 2.24) is 25.5 Å². The van der Waals surface area contributed by atoms with Crippen molar-refractivity contribution in [2.75, 3.05) is 0 Å². The summed E-state index contributed by atoms with van der Waals surface area (Å²) in [6.45, 7) is 8.14. The fourth-order valence-electron chi connectivity index (χ4n) is 3.29. The number of carbonyl (C=O) groups is 2. The maximum absolute atomic E-state index is 12.9. The first-order chi connectivity index (χ1) is 17.1. The van der Waals surface area contributed by atoms with E-state index in [0.717, 1.165) is 17.5 Å². The number of aromatic nitrogens is 4. The molecular formula is C25H29Cl2N5O3S. The van der Waals surface area contributed by atoms with Crippen molar-refractivity contribution in [3.8, 4) is 0 Å². The molecule has 8 nitrogen and oxygen atoms in total. The topological polar surface area (TPSA) is 99.0 Å². The summed E-state index contributed by atoms with van der Waals surface area (Å²) in [7, 11) is 0. The van der Waals surface area contributed by atoms with Crippen molar-refractivity contribution in [2.45, 2.75) is 75.2 Å². The monoisotopic (exact) mass is 549 g/mol. The molecule has 3 aromatic rings. The molecule has 0 saturated heterocycles. The number of ether oxygens (including phenoxy) is 1. The van der Waals surface area contributed by atoms with Crippen LogP contribution in [0.4, 0.5) is 4.79 Å². The van der Waals surface area contributed by atoms with Crippen LogP contribution in [0.3, 0.4) is 0 Å². The summed E-state index contributed by atoms with van der Waals surface area (Å²) >= 11 is 14.3. The molecule has 2 aromatic carbocycles. The van der Waals surface area contributed by atoms with Crippen LogP contribution in [0.25, 0.3) is 0 Å². The number of halogens is 2. The van der Waals surface area contributed by atoms with Gasteiger partial charge in [-0.3, -0.25) is 4.79 Å². The van der Waals surface area contributed by atoms with Crippen LogP contribution in [0.1, 0.15) is 51.7 Å². The molecule has 1 unspecified atom stereocenters. The Bertz CT molecular complexity index is 1180. The second kappa shape index (κ2) is 12.6. The van der Waals surface area contributed by atoms with Gasteiger partial charge in [-0.25, -0.2) is 9.48 Å². The Morgan fingerprint density at radius 2 is 1.81 bits per heavy atom. The van der Waals surface area contributed by atoms with Gasteiger partial charge in [0.2, 0.25) is 5.16 Å².